The summed E-state index contributed by atoms with van der Waals surface area (Å²) in [4.78, 5) is 19.7. The molecule has 0 aliphatic heterocycles. The van der Waals surface area contributed by atoms with Crippen LogP contribution in [0.3, 0.4) is 0 Å². The van der Waals surface area contributed by atoms with Crippen LogP contribution in [0, 0.1) is 0 Å². The summed E-state index contributed by atoms with van der Waals surface area (Å²) in [7, 11) is 0. The van der Waals surface area contributed by atoms with Gasteiger partial charge in [0, 0.05) is 0 Å². The summed E-state index contributed by atoms with van der Waals surface area (Å²) >= 11 is -2.62. The van der Waals surface area contributed by atoms with Crippen molar-refractivity contribution in [2.24, 2.45) is 0 Å². The quantitative estimate of drug-likeness (QED) is 0.625. The summed E-state index contributed by atoms with van der Waals surface area (Å²) in [6, 6.07) is 17.5. The van der Waals surface area contributed by atoms with E-state index in [1.165, 1.54) is 0 Å². The molecule has 21 heavy (non-hydrogen) atoms. The van der Waals surface area contributed by atoms with E-state index in [-0.39, 0.29) is 5.43 Å². The molecule has 0 atom stereocenters. The number of fused-ring (bicyclic) bond motifs is 1. The predicted molar refractivity (Wildman–Crippen MR) is 90.9 cm³/mol. The fraction of sp³-hybridized carbons (Fsp3) is 0.167. The van der Waals surface area contributed by atoms with Gasteiger partial charge in [0.15, 0.2) is 0 Å². The van der Waals surface area contributed by atoms with Crippen molar-refractivity contribution in [2.45, 2.75) is 14.8 Å². The Kier molecular flexibility index (Phi) is 3.66. The van der Waals surface area contributed by atoms with E-state index < -0.39 is 18.4 Å². The summed E-state index contributed by atoms with van der Waals surface area (Å²) in [6.07, 6.45) is 0. The first-order chi connectivity index (χ1) is 9.98. The Hall–Kier alpha value is -1.55. The van der Waals surface area contributed by atoms with Crippen LogP contribution in [0.2, 0.25) is 14.8 Å². The molecule has 0 saturated heterocycles. The van der Waals surface area contributed by atoms with E-state index in [1.807, 2.05) is 54.6 Å². The van der Waals surface area contributed by atoms with E-state index in [4.69, 9.17) is 4.42 Å². The fourth-order valence-electron chi connectivity index (χ4n) is 2.62. The molecular weight excluding hydrogens is 367 g/mol. The monoisotopic (exact) mass is 386 g/mol. The summed E-state index contributed by atoms with van der Waals surface area (Å²) < 4.78 is 7.08. The van der Waals surface area contributed by atoms with Gasteiger partial charge in [-0.25, -0.2) is 0 Å². The Balaban J connectivity index is 2.45. The molecule has 2 aromatic carbocycles. The second-order valence-electron chi connectivity index (χ2n) is 6.25. The van der Waals surface area contributed by atoms with E-state index in [9.17, 15) is 4.79 Å². The van der Waals surface area contributed by atoms with Crippen LogP contribution in [0.15, 0.2) is 63.8 Å². The van der Waals surface area contributed by atoms with Crippen LogP contribution < -0.4 is 9.01 Å². The molecule has 0 N–H and O–H groups in total. The third-order valence-corrected chi connectivity index (χ3v) is 9.16. The van der Waals surface area contributed by atoms with Crippen LogP contribution in [-0.2, 0) is 0 Å². The molecule has 0 aliphatic carbocycles. The van der Waals surface area contributed by atoms with Gasteiger partial charge in [0.2, 0.25) is 0 Å². The molecule has 3 aromatic rings. The summed E-state index contributed by atoms with van der Waals surface area (Å²) in [5.41, 5.74) is 1.81. The zero-order valence-corrected chi connectivity index (χ0v) is 15.4. The van der Waals surface area contributed by atoms with E-state index in [1.54, 1.807) is 0 Å². The van der Waals surface area contributed by atoms with Crippen molar-refractivity contribution in [1.29, 1.82) is 0 Å². The Labute approximate surface area is 128 Å². The molecule has 0 aliphatic rings. The van der Waals surface area contributed by atoms with Crippen LogP contribution in [0.5, 0.6) is 0 Å². The number of hydrogen-bond acceptors (Lipinski definition) is 2. The van der Waals surface area contributed by atoms with E-state index >= 15 is 0 Å². The first kappa shape index (κ1) is 14.4. The molecule has 106 valence electrons. The molecule has 0 unspecified atom stereocenters. The third kappa shape index (κ3) is 2.64. The van der Waals surface area contributed by atoms with Gasteiger partial charge in [-0.05, 0) is 0 Å². The average Bonchev–Trinajstić information content (AvgIpc) is 2.46. The van der Waals surface area contributed by atoms with Gasteiger partial charge in [-0.1, -0.05) is 0 Å². The Morgan fingerprint density at radius 3 is 2.14 bits per heavy atom. The van der Waals surface area contributed by atoms with Crippen molar-refractivity contribution in [3.8, 4) is 11.3 Å². The van der Waals surface area contributed by atoms with Crippen LogP contribution >= 0.6 is 0 Å². The molecule has 0 saturated carbocycles. The van der Waals surface area contributed by atoms with Crippen molar-refractivity contribution < 1.29 is 4.42 Å². The molecule has 1 heterocycles. The van der Waals surface area contributed by atoms with Crippen molar-refractivity contribution in [2.75, 3.05) is 0 Å². The molecule has 0 spiro atoms. The minimum atomic E-state index is -2.62. The molecular formula is C18H18O2Sn. The van der Waals surface area contributed by atoms with Gasteiger partial charge < -0.3 is 0 Å². The van der Waals surface area contributed by atoms with E-state index in [2.05, 4.69) is 14.8 Å². The molecule has 0 amide bonds. The van der Waals surface area contributed by atoms with Gasteiger partial charge in [0.25, 0.3) is 0 Å². The first-order valence-corrected chi connectivity index (χ1v) is 17.1. The summed E-state index contributed by atoms with van der Waals surface area (Å²) in [5, 5.41) is 0.693. The maximum atomic E-state index is 13.0. The number of benzene rings is 2. The van der Waals surface area contributed by atoms with Crippen LogP contribution in [-0.4, -0.2) is 18.4 Å². The van der Waals surface area contributed by atoms with Gasteiger partial charge in [0.1, 0.15) is 0 Å². The van der Waals surface area contributed by atoms with Gasteiger partial charge in [-0.3, -0.25) is 0 Å². The van der Waals surface area contributed by atoms with Gasteiger partial charge in [0.05, 0.1) is 0 Å². The van der Waals surface area contributed by atoms with Crippen molar-refractivity contribution in [1.82, 2.24) is 0 Å². The molecule has 2 nitrogen and oxygen atoms in total. The SMILES string of the molecule is [CH3][Sn]([CH3])([CH3])[c]1c(-c2ccccc2)oc2ccccc2c1=O. The van der Waals surface area contributed by atoms with E-state index in [0.717, 1.165) is 14.9 Å². The topological polar surface area (TPSA) is 30.2 Å². The number of para-hydroxylation sites is 1. The Bertz CT molecular complexity index is 842. The second-order valence-corrected chi connectivity index (χ2v) is 20.5. The molecule has 1 aromatic heterocycles. The third-order valence-electron chi connectivity index (χ3n) is 3.58. The van der Waals surface area contributed by atoms with Crippen LogP contribution in [0.1, 0.15) is 0 Å². The zero-order chi connectivity index (χ0) is 15.0. The van der Waals surface area contributed by atoms with Crippen molar-refractivity contribution in [3.63, 3.8) is 0 Å². The number of hydrogen-bond donors (Lipinski definition) is 0. The van der Waals surface area contributed by atoms with Gasteiger partial charge in [-0.15, -0.1) is 0 Å². The first-order valence-electron chi connectivity index (χ1n) is 7.10. The Morgan fingerprint density at radius 2 is 1.48 bits per heavy atom. The molecule has 0 fully saturated rings. The van der Waals surface area contributed by atoms with Gasteiger partial charge >= 0.3 is 128 Å². The van der Waals surface area contributed by atoms with Crippen molar-refractivity contribution >= 4 is 32.9 Å². The average molecular weight is 385 g/mol. The summed E-state index contributed by atoms with van der Waals surface area (Å²) in [5.74, 6) is 0.766. The fourth-order valence-corrected chi connectivity index (χ4v) is 7.45. The molecule has 0 bridgehead atoms. The van der Waals surface area contributed by atoms with E-state index in [0.29, 0.717) is 11.0 Å². The molecule has 3 heteroatoms. The standard InChI is InChI=1S/C15H9O2.3CH3.Sn/c16-13-10-15(11-6-2-1-3-7-11)17-14-9-5-4-8-12(13)14;;;;/h1-9H;3*1H3;. The zero-order valence-electron chi connectivity index (χ0n) is 12.5. The Morgan fingerprint density at radius 1 is 0.857 bits per heavy atom. The van der Waals surface area contributed by atoms with Gasteiger partial charge in [-0.2, -0.15) is 0 Å². The summed E-state index contributed by atoms with van der Waals surface area (Å²) in [6.45, 7) is 0. The molecule has 3 rings (SSSR count). The maximum absolute atomic E-state index is 13.0. The van der Waals surface area contributed by atoms with Crippen molar-refractivity contribution in [3.05, 3.63) is 64.8 Å². The normalized spacial score (nSPS) is 11.8. The minimum absolute atomic E-state index is 0.152. The number of rotatable bonds is 2. The predicted octanol–water partition coefficient (Wildman–Crippen LogP) is 4.01. The van der Waals surface area contributed by atoms with Crippen LogP contribution in [0.4, 0.5) is 0 Å². The molecule has 0 radical (unpaired) electrons. The second kappa shape index (κ2) is 5.33. The van der Waals surface area contributed by atoms with Crippen LogP contribution in [0.25, 0.3) is 22.3 Å².